The molecule has 1 unspecified atom stereocenters. The molecule has 0 spiro atoms. The maximum Gasteiger partial charge on any atom is 0.184 e. The van der Waals surface area contributed by atoms with Crippen molar-refractivity contribution in [2.24, 2.45) is 29.6 Å². The lowest BCUT2D eigenvalue weighted by molar-refractivity contribution is 0.120. The Kier molecular flexibility index (Phi) is 12.1. The minimum Gasteiger partial charge on any atom is -0.486 e. The summed E-state index contributed by atoms with van der Waals surface area (Å²) in [7, 11) is 0. The average molecular weight is 543 g/mol. The molecule has 38 heavy (non-hydrogen) atoms. The van der Waals surface area contributed by atoms with E-state index in [1.165, 1.54) is 102 Å². The molecule has 212 valence electrons. The molecule has 4 rings (SSSR count). The van der Waals surface area contributed by atoms with Crippen molar-refractivity contribution < 1.29 is 9.13 Å². The van der Waals surface area contributed by atoms with Gasteiger partial charge in [-0.3, -0.25) is 0 Å². The average Bonchev–Trinajstić information content (AvgIpc) is 2.96. The summed E-state index contributed by atoms with van der Waals surface area (Å²) in [6.45, 7) is 4.59. The molecule has 0 saturated heterocycles. The van der Waals surface area contributed by atoms with Crippen LogP contribution in [0.3, 0.4) is 0 Å². The fraction of sp³-hybridized carbons (Fsp3) is 0.714. The van der Waals surface area contributed by atoms with Crippen molar-refractivity contribution in [3.05, 3.63) is 46.8 Å². The highest BCUT2D eigenvalue weighted by molar-refractivity contribution is 6.32. The summed E-state index contributed by atoms with van der Waals surface area (Å²) in [6, 6.07) is 3.67. The van der Waals surface area contributed by atoms with Crippen LogP contribution in [0.4, 0.5) is 4.39 Å². The standard InChI is InChI=1S/C35H52ClFO/c1-3-5-7-8-9-10-26-11-13-27(14-12-26)28-15-17-29(18-16-28)30-19-21-31(22-20-30)32-23-24-33(35(37)34(32)36)38-25-6-4-2/h4,6,21,23-24,26-30H,3,5,7-20,22,25H2,1-2H3. The van der Waals surface area contributed by atoms with E-state index in [-0.39, 0.29) is 10.8 Å². The van der Waals surface area contributed by atoms with Gasteiger partial charge in [0.2, 0.25) is 0 Å². The lowest BCUT2D eigenvalue weighted by Gasteiger charge is -2.40. The second-order valence-corrected chi connectivity index (χ2v) is 12.9. The molecule has 1 aromatic carbocycles. The Bertz CT molecular complexity index is 905. The van der Waals surface area contributed by atoms with Crippen molar-refractivity contribution in [1.29, 1.82) is 0 Å². The minimum atomic E-state index is -0.434. The van der Waals surface area contributed by atoms with E-state index in [9.17, 15) is 4.39 Å². The Morgan fingerprint density at radius 2 is 1.53 bits per heavy atom. The lowest BCUT2D eigenvalue weighted by atomic mass is 9.65. The molecule has 1 aromatic rings. The highest BCUT2D eigenvalue weighted by atomic mass is 35.5. The van der Waals surface area contributed by atoms with Crippen molar-refractivity contribution in [3.8, 4) is 5.75 Å². The predicted octanol–water partition coefficient (Wildman–Crippen LogP) is 11.6. The largest absolute Gasteiger partial charge is 0.486 e. The van der Waals surface area contributed by atoms with Crippen molar-refractivity contribution in [3.63, 3.8) is 0 Å². The Labute approximate surface area is 237 Å². The van der Waals surface area contributed by atoms with Crippen LogP contribution in [0, 0.1) is 35.4 Å². The van der Waals surface area contributed by atoms with E-state index in [1.54, 1.807) is 6.07 Å². The van der Waals surface area contributed by atoms with Crippen LogP contribution in [-0.4, -0.2) is 6.61 Å². The molecule has 1 atom stereocenters. The first-order valence-corrected chi connectivity index (χ1v) is 16.4. The topological polar surface area (TPSA) is 9.23 Å². The van der Waals surface area contributed by atoms with Crippen molar-refractivity contribution >= 4 is 17.2 Å². The fourth-order valence-electron chi connectivity index (χ4n) is 7.73. The molecule has 1 nitrogen and oxygen atoms in total. The van der Waals surface area contributed by atoms with E-state index in [1.807, 2.05) is 25.1 Å². The molecule has 0 radical (unpaired) electrons. The maximum atomic E-state index is 14.8. The van der Waals surface area contributed by atoms with Gasteiger partial charge in [-0.1, -0.05) is 88.1 Å². The monoisotopic (exact) mass is 542 g/mol. The molecule has 0 heterocycles. The van der Waals surface area contributed by atoms with Gasteiger partial charge in [-0.25, -0.2) is 4.39 Å². The Morgan fingerprint density at radius 3 is 2.16 bits per heavy atom. The summed E-state index contributed by atoms with van der Waals surface area (Å²) < 4.78 is 20.3. The van der Waals surface area contributed by atoms with Crippen LogP contribution in [0.1, 0.15) is 129 Å². The molecule has 0 aromatic heterocycles. The number of unbranched alkanes of at least 4 members (excludes halogenated alkanes) is 4. The summed E-state index contributed by atoms with van der Waals surface area (Å²) in [5, 5.41) is 0.208. The van der Waals surface area contributed by atoms with Gasteiger partial charge < -0.3 is 4.74 Å². The summed E-state index contributed by atoms with van der Waals surface area (Å²) in [5.41, 5.74) is 2.06. The van der Waals surface area contributed by atoms with E-state index in [0.717, 1.165) is 48.0 Å². The number of benzene rings is 1. The number of hydrogen-bond donors (Lipinski definition) is 0. The van der Waals surface area contributed by atoms with E-state index >= 15 is 0 Å². The van der Waals surface area contributed by atoms with Gasteiger partial charge in [-0.05, 0) is 118 Å². The normalized spacial score (nSPS) is 28.4. The third-order valence-corrected chi connectivity index (χ3v) is 10.5. The van der Waals surface area contributed by atoms with Gasteiger partial charge in [-0.15, -0.1) is 0 Å². The van der Waals surface area contributed by atoms with Crippen LogP contribution < -0.4 is 4.74 Å². The summed E-state index contributed by atoms with van der Waals surface area (Å²) >= 11 is 6.46. The van der Waals surface area contributed by atoms with Crippen LogP contribution >= 0.6 is 11.6 Å². The lowest BCUT2D eigenvalue weighted by Crippen LogP contribution is -2.28. The van der Waals surface area contributed by atoms with Crippen molar-refractivity contribution in [2.45, 2.75) is 123 Å². The first-order valence-electron chi connectivity index (χ1n) is 16.0. The molecular formula is C35H52ClFO. The summed E-state index contributed by atoms with van der Waals surface area (Å²) in [6.07, 6.45) is 29.8. The SMILES string of the molecule is CC=CCOc1ccc(C2=CCC(C3CCC(C4CCC(CCCCCCC)CC4)CC3)CC2)c(Cl)c1F. The Hall–Kier alpha value is -1.28. The fourth-order valence-corrected chi connectivity index (χ4v) is 8.00. The van der Waals surface area contributed by atoms with Gasteiger partial charge in [0.15, 0.2) is 11.6 Å². The van der Waals surface area contributed by atoms with Crippen LogP contribution in [0.15, 0.2) is 30.4 Å². The van der Waals surface area contributed by atoms with Gasteiger partial charge in [0.05, 0.1) is 5.02 Å². The van der Waals surface area contributed by atoms with Crippen molar-refractivity contribution in [1.82, 2.24) is 0 Å². The zero-order valence-electron chi connectivity index (χ0n) is 24.2. The number of halogens is 2. The molecule has 3 aliphatic carbocycles. The smallest absolute Gasteiger partial charge is 0.184 e. The third-order valence-electron chi connectivity index (χ3n) is 10.2. The number of hydrogen-bond acceptors (Lipinski definition) is 1. The molecule has 3 aliphatic rings. The molecule has 0 N–H and O–H groups in total. The number of ether oxygens (including phenoxy) is 1. The molecule has 0 amide bonds. The van der Waals surface area contributed by atoms with Crippen LogP contribution in [0.25, 0.3) is 5.57 Å². The van der Waals surface area contributed by atoms with Crippen LogP contribution in [0.2, 0.25) is 5.02 Å². The highest BCUT2D eigenvalue weighted by Crippen LogP contribution is 2.47. The highest BCUT2D eigenvalue weighted by Gasteiger charge is 2.34. The number of rotatable bonds is 12. The third kappa shape index (κ3) is 8.12. The van der Waals surface area contributed by atoms with Gasteiger partial charge in [-0.2, -0.15) is 0 Å². The van der Waals surface area contributed by atoms with E-state index < -0.39 is 5.82 Å². The summed E-state index contributed by atoms with van der Waals surface area (Å²) in [4.78, 5) is 0. The number of allylic oxidation sites excluding steroid dienone is 3. The zero-order valence-corrected chi connectivity index (χ0v) is 24.9. The molecule has 2 saturated carbocycles. The second kappa shape index (κ2) is 15.5. The first-order chi connectivity index (χ1) is 18.6. The van der Waals surface area contributed by atoms with Crippen molar-refractivity contribution in [2.75, 3.05) is 6.61 Å². The molecular weight excluding hydrogens is 491 g/mol. The molecule has 2 fully saturated rings. The van der Waals surface area contributed by atoms with Gasteiger partial charge in [0, 0.05) is 0 Å². The first kappa shape index (κ1) is 29.7. The molecule has 0 bridgehead atoms. The molecule has 0 aliphatic heterocycles. The minimum absolute atomic E-state index is 0.208. The van der Waals surface area contributed by atoms with E-state index in [0.29, 0.717) is 6.61 Å². The summed E-state index contributed by atoms with van der Waals surface area (Å²) in [5.74, 6) is 4.48. The van der Waals surface area contributed by atoms with Crippen LogP contribution in [-0.2, 0) is 0 Å². The molecule has 3 heteroatoms. The Balaban J connectivity index is 1.19. The van der Waals surface area contributed by atoms with E-state index in [2.05, 4.69) is 13.0 Å². The zero-order chi connectivity index (χ0) is 26.7. The van der Waals surface area contributed by atoms with Crippen LogP contribution in [0.5, 0.6) is 5.75 Å². The van der Waals surface area contributed by atoms with E-state index in [4.69, 9.17) is 16.3 Å². The quantitative estimate of drug-likeness (QED) is 0.188. The van der Waals surface area contributed by atoms with Gasteiger partial charge in [0.1, 0.15) is 6.61 Å². The van der Waals surface area contributed by atoms with Gasteiger partial charge in [0.25, 0.3) is 0 Å². The van der Waals surface area contributed by atoms with Gasteiger partial charge >= 0.3 is 0 Å². The Morgan fingerprint density at radius 1 is 0.868 bits per heavy atom. The second-order valence-electron chi connectivity index (χ2n) is 12.5. The maximum absolute atomic E-state index is 14.8. The predicted molar refractivity (Wildman–Crippen MR) is 161 cm³/mol.